The summed E-state index contributed by atoms with van der Waals surface area (Å²) in [5.74, 6) is -0.446. The minimum atomic E-state index is -0.336. The molecule has 0 aromatic heterocycles. The molecule has 18 heavy (non-hydrogen) atoms. The molecule has 0 amide bonds. The smallest absolute Gasteiger partial charge is 0.193 e. The first-order valence-corrected chi connectivity index (χ1v) is 5.94. The first-order chi connectivity index (χ1) is 8.49. The second-order valence-corrected chi connectivity index (χ2v) is 4.68. The maximum absolute atomic E-state index is 13.0. The van der Waals surface area contributed by atoms with Crippen LogP contribution >= 0.6 is 11.6 Å². The first-order valence-electron chi connectivity index (χ1n) is 5.56. The molecule has 0 bridgehead atoms. The Hall–Kier alpha value is -1.67. The molecule has 1 nitrogen and oxygen atoms in total. The molecule has 0 heterocycles. The molecule has 92 valence electrons. The topological polar surface area (TPSA) is 17.1 Å². The first kappa shape index (κ1) is 12.8. The minimum absolute atomic E-state index is 0.110. The van der Waals surface area contributed by atoms with Crippen LogP contribution in [0.3, 0.4) is 0 Å². The van der Waals surface area contributed by atoms with Crippen molar-refractivity contribution in [2.75, 3.05) is 0 Å². The normalized spacial score (nSPS) is 10.4. The van der Waals surface area contributed by atoms with E-state index in [1.54, 1.807) is 25.1 Å². The van der Waals surface area contributed by atoms with Crippen molar-refractivity contribution in [3.63, 3.8) is 0 Å². The van der Waals surface area contributed by atoms with Crippen molar-refractivity contribution in [2.45, 2.75) is 13.8 Å². The van der Waals surface area contributed by atoms with Crippen molar-refractivity contribution in [3.8, 4) is 0 Å². The van der Waals surface area contributed by atoms with Crippen LogP contribution in [0.5, 0.6) is 0 Å². The lowest BCUT2D eigenvalue weighted by molar-refractivity contribution is 0.103. The van der Waals surface area contributed by atoms with Crippen LogP contribution in [-0.4, -0.2) is 5.78 Å². The number of carbonyl (C=O) groups excluding carboxylic acids is 1. The molecule has 0 N–H and O–H groups in total. The molecule has 0 aliphatic rings. The van der Waals surface area contributed by atoms with E-state index in [1.165, 1.54) is 18.2 Å². The van der Waals surface area contributed by atoms with Crippen LogP contribution in [0.4, 0.5) is 4.39 Å². The fourth-order valence-corrected chi connectivity index (χ4v) is 2.14. The second-order valence-electron chi connectivity index (χ2n) is 4.25. The van der Waals surface area contributed by atoms with E-state index in [-0.39, 0.29) is 11.6 Å². The Morgan fingerprint density at radius 3 is 2.11 bits per heavy atom. The van der Waals surface area contributed by atoms with Crippen LogP contribution in [0.2, 0.25) is 5.02 Å². The number of rotatable bonds is 2. The summed E-state index contributed by atoms with van der Waals surface area (Å²) in [6, 6.07) is 9.29. The van der Waals surface area contributed by atoms with Gasteiger partial charge in [-0.05, 0) is 61.4 Å². The van der Waals surface area contributed by atoms with Gasteiger partial charge in [0.1, 0.15) is 5.82 Å². The highest BCUT2D eigenvalue weighted by molar-refractivity contribution is 6.30. The van der Waals surface area contributed by atoms with Crippen LogP contribution < -0.4 is 0 Å². The van der Waals surface area contributed by atoms with Gasteiger partial charge in [0, 0.05) is 16.1 Å². The van der Waals surface area contributed by atoms with Crippen molar-refractivity contribution < 1.29 is 9.18 Å². The number of hydrogen-bond donors (Lipinski definition) is 0. The SMILES string of the molecule is Cc1cc(F)ccc1C(=O)c1ccc(Cl)cc1C. The molecule has 0 aliphatic carbocycles. The van der Waals surface area contributed by atoms with Gasteiger partial charge in [-0.25, -0.2) is 4.39 Å². The van der Waals surface area contributed by atoms with Crippen molar-refractivity contribution in [1.82, 2.24) is 0 Å². The highest BCUT2D eigenvalue weighted by Gasteiger charge is 2.14. The molecule has 0 saturated heterocycles. The Balaban J connectivity index is 2.48. The summed E-state index contributed by atoms with van der Waals surface area (Å²) in [6.07, 6.45) is 0. The van der Waals surface area contributed by atoms with Gasteiger partial charge in [-0.3, -0.25) is 4.79 Å². The minimum Gasteiger partial charge on any atom is -0.289 e. The lowest BCUT2D eigenvalue weighted by atomic mass is 9.96. The maximum Gasteiger partial charge on any atom is 0.193 e. The van der Waals surface area contributed by atoms with Crippen LogP contribution in [0.25, 0.3) is 0 Å². The van der Waals surface area contributed by atoms with Gasteiger partial charge < -0.3 is 0 Å². The Labute approximate surface area is 110 Å². The molecule has 2 aromatic rings. The molecule has 0 spiro atoms. The van der Waals surface area contributed by atoms with Crippen LogP contribution in [0.15, 0.2) is 36.4 Å². The van der Waals surface area contributed by atoms with Crippen molar-refractivity contribution in [3.05, 3.63) is 69.5 Å². The van der Waals surface area contributed by atoms with Crippen molar-refractivity contribution in [2.24, 2.45) is 0 Å². The Morgan fingerprint density at radius 1 is 1.00 bits per heavy atom. The number of hydrogen-bond acceptors (Lipinski definition) is 1. The van der Waals surface area contributed by atoms with E-state index in [0.29, 0.717) is 21.7 Å². The number of halogens is 2. The monoisotopic (exact) mass is 262 g/mol. The van der Waals surface area contributed by atoms with Gasteiger partial charge in [-0.2, -0.15) is 0 Å². The largest absolute Gasteiger partial charge is 0.289 e. The molecule has 2 rings (SSSR count). The molecule has 2 aromatic carbocycles. The van der Waals surface area contributed by atoms with Gasteiger partial charge in [0.05, 0.1) is 0 Å². The molecule has 0 atom stereocenters. The Kier molecular flexibility index (Phi) is 3.48. The van der Waals surface area contributed by atoms with Gasteiger partial charge in [0.2, 0.25) is 0 Å². The van der Waals surface area contributed by atoms with Gasteiger partial charge >= 0.3 is 0 Å². The summed E-state index contributed by atoms with van der Waals surface area (Å²) in [4.78, 5) is 12.3. The standard InChI is InChI=1S/C15H12ClFO/c1-9-7-11(16)3-5-13(9)15(18)14-6-4-12(17)8-10(14)2/h3-8H,1-2H3. The third-order valence-electron chi connectivity index (χ3n) is 2.87. The molecule has 3 heteroatoms. The number of aryl methyl sites for hydroxylation is 2. The van der Waals surface area contributed by atoms with E-state index in [4.69, 9.17) is 11.6 Å². The summed E-state index contributed by atoms with van der Waals surface area (Å²) < 4.78 is 13.0. The van der Waals surface area contributed by atoms with E-state index in [0.717, 1.165) is 5.56 Å². The molecule has 0 unspecified atom stereocenters. The van der Waals surface area contributed by atoms with Crippen LogP contribution in [-0.2, 0) is 0 Å². The van der Waals surface area contributed by atoms with E-state index < -0.39 is 0 Å². The molecule has 0 fully saturated rings. The van der Waals surface area contributed by atoms with E-state index in [1.807, 2.05) is 6.92 Å². The molecular weight excluding hydrogens is 251 g/mol. The molecule has 0 saturated carbocycles. The van der Waals surface area contributed by atoms with E-state index >= 15 is 0 Å². The zero-order chi connectivity index (χ0) is 13.3. The second kappa shape index (κ2) is 4.91. The predicted octanol–water partition coefficient (Wildman–Crippen LogP) is 4.33. The average molecular weight is 263 g/mol. The third-order valence-corrected chi connectivity index (χ3v) is 3.10. The van der Waals surface area contributed by atoms with Gasteiger partial charge in [-0.15, -0.1) is 0 Å². The fraction of sp³-hybridized carbons (Fsp3) is 0.133. The Morgan fingerprint density at radius 2 is 1.56 bits per heavy atom. The van der Waals surface area contributed by atoms with Gasteiger partial charge in [0.25, 0.3) is 0 Å². The lowest BCUT2D eigenvalue weighted by Crippen LogP contribution is -2.06. The van der Waals surface area contributed by atoms with Crippen LogP contribution in [0.1, 0.15) is 27.0 Å². The maximum atomic E-state index is 13.0. The Bertz CT molecular complexity index is 566. The number of ketones is 1. The summed E-state index contributed by atoms with van der Waals surface area (Å²) in [5.41, 5.74) is 2.56. The fourth-order valence-electron chi connectivity index (χ4n) is 1.91. The number of carbonyl (C=O) groups is 1. The van der Waals surface area contributed by atoms with Gasteiger partial charge in [-0.1, -0.05) is 11.6 Å². The zero-order valence-electron chi connectivity index (χ0n) is 10.1. The quantitative estimate of drug-likeness (QED) is 0.737. The van der Waals surface area contributed by atoms with E-state index in [2.05, 4.69) is 0 Å². The van der Waals surface area contributed by atoms with Crippen molar-refractivity contribution in [1.29, 1.82) is 0 Å². The highest BCUT2D eigenvalue weighted by atomic mass is 35.5. The predicted molar refractivity (Wildman–Crippen MR) is 70.8 cm³/mol. The number of benzene rings is 2. The lowest BCUT2D eigenvalue weighted by Gasteiger charge is -2.08. The summed E-state index contributed by atoms with van der Waals surface area (Å²) in [7, 11) is 0. The average Bonchev–Trinajstić information content (AvgIpc) is 2.28. The van der Waals surface area contributed by atoms with Crippen molar-refractivity contribution >= 4 is 17.4 Å². The van der Waals surface area contributed by atoms with Crippen LogP contribution in [0, 0.1) is 19.7 Å². The summed E-state index contributed by atoms with van der Waals surface area (Å²) in [5, 5.41) is 0.597. The molecule has 0 aliphatic heterocycles. The summed E-state index contributed by atoms with van der Waals surface area (Å²) in [6.45, 7) is 3.56. The molecule has 0 radical (unpaired) electrons. The van der Waals surface area contributed by atoms with E-state index in [9.17, 15) is 9.18 Å². The zero-order valence-corrected chi connectivity index (χ0v) is 10.9. The summed E-state index contributed by atoms with van der Waals surface area (Å²) >= 11 is 5.86. The highest BCUT2D eigenvalue weighted by Crippen LogP contribution is 2.20. The van der Waals surface area contributed by atoms with Gasteiger partial charge in [0.15, 0.2) is 5.78 Å². The molecular formula is C15H12ClFO. The third kappa shape index (κ3) is 2.44.